The maximum Gasteiger partial charge on any atom is 0.117 e. The lowest BCUT2D eigenvalue weighted by atomic mass is 10.8. The van der Waals surface area contributed by atoms with Crippen LogP contribution in [0, 0.1) is 0 Å². The molecule has 0 radical (unpaired) electrons. The zero-order valence-corrected chi connectivity index (χ0v) is 5.22. The second kappa shape index (κ2) is 2.07. The maximum absolute atomic E-state index is 5.24. The van der Waals surface area contributed by atoms with Gasteiger partial charge in [-0.15, -0.1) is 12.6 Å². The molecule has 0 aliphatic rings. The van der Waals surface area contributed by atoms with Gasteiger partial charge in [-0.05, 0) is 6.92 Å². The SMILES string of the molecule is CC(N)(S)SN. The first-order valence-electron chi connectivity index (χ1n) is 1.45. The molecule has 4 N–H and O–H groups in total. The minimum atomic E-state index is -0.569. The molecule has 6 heavy (non-hydrogen) atoms. The van der Waals surface area contributed by atoms with E-state index in [1.165, 1.54) is 0 Å². The molecule has 38 valence electrons. The first-order valence-corrected chi connectivity index (χ1v) is 2.78. The molecule has 0 aromatic carbocycles. The van der Waals surface area contributed by atoms with Crippen molar-refractivity contribution in [2.24, 2.45) is 10.9 Å². The highest BCUT2D eigenvalue weighted by Crippen LogP contribution is 2.14. The van der Waals surface area contributed by atoms with Gasteiger partial charge < -0.3 is 5.73 Å². The second-order valence-electron chi connectivity index (χ2n) is 1.17. The molecule has 0 aliphatic carbocycles. The molecular formula is C2H8N2S2. The third kappa shape index (κ3) is 4.62. The van der Waals surface area contributed by atoms with Gasteiger partial charge >= 0.3 is 0 Å². The zero-order valence-electron chi connectivity index (χ0n) is 3.51. The highest BCUT2D eigenvalue weighted by Gasteiger charge is 2.06. The molecule has 2 nitrogen and oxygen atoms in total. The van der Waals surface area contributed by atoms with E-state index in [2.05, 4.69) is 12.6 Å². The van der Waals surface area contributed by atoms with Gasteiger partial charge in [-0.1, -0.05) is 11.9 Å². The predicted molar refractivity (Wildman–Crippen MR) is 33.4 cm³/mol. The van der Waals surface area contributed by atoms with Gasteiger partial charge in [0.25, 0.3) is 0 Å². The van der Waals surface area contributed by atoms with Crippen LogP contribution >= 0.6 is 24.6 Å². The summed E-state index contributed by atoms with van der Waals surface area (Å²) in [5.41, 5.74) is 5.24. The van der Waals surface area contributed by atoms with Gasteiger partial charge in [0.2, 0.25) is 0 Å². The highest BCUT2D eigenvalue weighted by atomic mass is 32.2. The minimum Gasteiger partial charge on any atom is -0.308 e. The normalized spacial score (nSPS) is 20.0. The second-order valence-corrected chi connectivity index (χ2v) is 3.49. The molecule has 0 aromatic heterocycles. The van der Waals surface area contributed by atoms with Crippen LogP contribution in [0.1, 0.15) is 6.92 Å². The molecule has 0 fully saturated rings. The van der Waals surface area contributed by atoms with Crippen LogP contribution in [0.3, 0.4) is 0 Å². The summed E-state index contributed by atoms with van der Waals surface area (Å²) in [6.07, 6.45) is 0. The summed E-state index contributed by atoms with van der Waals surface area (Å²) in [7, 11) is 0. The third-order valence-electron chi connectivity index (χ3n) is 0.239. The third-order valence-corrected chi connectivity index (χ3v) is 1.03. The molecular weight excluding hydrogens is 116 g/mol. The first kappa shape index (κ1) is 6.62. The van der Waals surface area contributed by atoms with Crippen LogP contribution in [0.15, 0.2) is 0 Å². The summed E-state index contributed by atoms with van der Waals surface area (Å²) in [5.74, 6) is 0. The van der Waals surface area contributed by atoms with Crippen LogP contribution in [-0.4, -0.2) is 4.20 Å². The van der Waals surface area contributed by atoms with E-state index in [0.29, 0.717) is 0 Å². The minimum absolute atomic E-state index is 0.569. The van der Waals surface area contributed by atoms with E-state index >= 15 is 0 Å². The van der Waals surface area contributed by atoms with E-state index in [0.717, 1.165) is 11.9 Å². The highest BCUT2D eigenvalue weighted by molar-refractivity contribution is 8.09. The number of hydrogen-bond acceptors (Lipinski definition) is 4. The topological polar surface area (TPSA) is 52.0 Å². The fourth-order valence-electron chi connectivity index (χ4n) is 0. The Morgan fingerprint density at radius 1 is 1.83 bits per heavy atom. The number of nitrogens with two attached hydrogens (primary N) is 2. The average Bonchev–Trinajstić information content (AvgIpc) is 1.35. The summed E-state index contributed by atoms with van der Waals surface area (Å²) in [6.45, 7) is 1.72. The number of hydrogen-bond donors (Lipinski definition) is 3. The molecule has 0 saturated heterocycles. The summed E-state index contributed by atoms with van der Waals surface area (Å²) < 4.78 is -0.569. The quantitative estimate of drug-likeness (QED) is 0.265. The van der Waals surface area contributed by atoms with Crippen molar-refractivity contribution in [1.82, 2.24) is 0 Å². The van der Waals surface area contributed by atoms with Gasteiger partial charge in [0.05, 0.1) is 0 Å². The summed E-state index contributed by atoms with van der Waals surface area (Å²) >= 11 is 4.89. The van der Waals surface area contributed by atoms with Crippen LogP contribution in [-0.2, 0) is 0 Å². The molecule has 0 aromatic rings. The number of rotatable bonds is 1. The molecule has 0 spiro atoms. The Kier molecular flexibility index (Phi) is 2.28. The van der Waals surface area contributed by atoms with E-state index < -0.39 is 4.20 Å². The van der Waals surface area contributed by atoms with Crippen molar-refractivity contribution >= 4 is 24.6 Å². The summed E-state index contributed by atoms with van der Waals surface area (Å²) in [4.78, 5) is 0. The van der Waals surface area contributed by atoms with Gasteiger partial charge in [-0.3, -0.25) is 5.14 Å². The van der Waals surface area contributed by atoms with E-state index in [1.54, 1.807) is 6.92 Å². The summed E-state index contributed by atoms with van der Waals surface area (Å²) in [6, 6.07) is 0. The Hall–Kier alpha value is 0.620. The molecule has 0 aliphatic heterocycles. The van der Waals surface area contributed by atoms with Gasteiger partial charge in [0, 0.05) is 0 Å². The first-order chi connectivity index (χ1) is 2.56. The Morgan fingerprint density at radius 2 is 2.00 bits per heavy atom. The Bertz CT molecular complexity index is 39.3. The van der Waals surface area contributed by atoms with E-state index in [1.807, 2.05) is 0 Å². The van der Waals surface area contributed by atoms with Crippen molar-refractivity contribution in [3.8, 4) is 0 Å². The van der Waals surface area contributed by atoms with E-state index in [9.17, 15) is 0 Å². The Morgan fingerprint density at radius 3 is 2.00 bits per heavy atom. The van der Waals surface area contributed by atoms with Crippen LogP contribution in [0.5, 0.6) is 0 Å². The van der Waals surface area contributed by atoms with Gasteiger partial charge in [-0.2, -0.15) is 0 Å². The van der Waals surface area contributed by atoms with Crippen molar-refractivity contribution in [2.75, 3.05) is 0 Å². The van der Waals surface area contributed by atoms with Crippen molar-refractivity contribution in [1.29, 1.82) is 0 Å². The van der Waals surface area contributed by atoms with Crippen LogP contribution in [0.2, 0.25) is 0 Å². The molecule has 0 heterocycles. The Labute approximate surface area is 47.2 Å². The van der Waals surface area contributed by atoms with Gasteiger partial charge in [-0.25, -0.2) is 0 Å². The molecule has 0 bridgehead atoms. The molecule has 1 atom stereocenters. The summed E-state index contributed by atoms with van der Waals surface area (Å²) in [5, 5.41) is 5.02. The van der Waals surface area contributed by atoms with E-state index in [4.69, 9.17) is 10.9 Å². The lowest BCUT2D eigenvalue weighted by Gasteiger charge is -2.10. The van der Waals surface area contributed by atoms with Crippen molar-refractivity contribution < 1.29 is 0 Å². The average molecular weight is 124 g/mol. The van der Waals surface area contributed by atoms with Crippen LogP contribution in [0.4, 0.5) is 0 Å². The fraction of sp³-hybridized carbons (Fsp3) is 1.00. The van der Waals surface area contributed by atoms with E-state index in [-0.39, 0.29) is 0 Å². The smallest absolute Gasteiger partial charge is 0.117 e. The lowest BCUT2D eigenvalue weighted by Crippen LogP contribution is -2.25. The van der Waals surface area contributed by atoms with Crippen molar-refractivity contribution in [2.45, 2.75) is 11.1 Å². The molecule has 0 amide bonds. The maximum atomic E-state index is 5.24. The zero-order chi connectivity index (χ0) is 5.21. The number of thiol groups is 1. The van der Waals surface area contributed by atoms with Gasteiger partial charge in [0.15, 0.2) is 0 Å². The van der Waals surface area contributed by atoms with Gasteiger partial charge in [0.1, 0.15) is 4.20 Å². The van der Waals surface area contributed by atoms with Crippen molar-refractivity contribution in [3.63, 3.8) is 0 Å². The monoisotopic (exact) mass is 124 g/mol. The molecule has 0 rings (SSSR count). The molecule has 0 saturated carbocycles. The predicted octanol–water partition coefficient (Wildman–Crippen LogP) is 0.156. The Balaban J connectivity index is 3.17. The molecule has 1 unspecified atom stereocenters. The largest absolute Gasteiger partial charge is 0.308 e. The van der Waals surface area contributed by atoms with Crippen molar-refractivity contribution in [3.05, 3.63) is 0 Å². The lowest BCUT2D eigenvalue weighted by molar-refractivity contribution is 0.977. The fourth-order valence-corrected chi connectivity index (χ4v) is 0. The standard InChI is InChI=1S/C2H8N2S2/c1-2(3,5)6-4/h5H,3-4H2,1H3. The van der Waals surface area contributed by atoms with Crippen LogP contribution in [0.25, 0.3) is 0 Å². The van der Waals surface area contributed by atoms with Crippen LogP contribution < -0.4 is 10.9 Å². The molecule has 4 heteroatoms.